The van der Waals surface area contributed by atoms with Gasteiger partial charge < -0.3 is 10.5 Å². The molecule has 0 aromatic heterocycles. The van der Waals surface area contributed by atoms with E-state index in [-0.39, 0.29) is 22.9 Å². The first-order chi connectivity index (χ1) is 9.47. The summed E-state index contributed by atoms with van der Waals surface area (Å²) in [6.45, 7) is -0.188. The van der Waals surface area contributed by atoms with Gasteiger partial charge in [-0.25, -0.2) is 13.6 Å². The maximum Gasteiger partial charge on any atom is 0.338 e. The summed E-state index contributed by atoms with van der Waals surface area (Å²) in [7, 11) is 0. The molecule has 0 spiro atoms. The van der Waals surface area contributed by atoms with Gasteiger partial charge >= 0.3 is 5.97 Å². The van der Waals surface area contributed by atoms with E-state index in [9.17, 15) is 13.6 Å². The fourth-order valence-corrected chi connectivity index (χ4v) is 1.72. The fraction of sp³-hybridized carbons (Fsp3) is 0.0714. The predicted octanol–water partition coefficient (Wildman–Crippen LogP) is 3.56. The van der Waals surface area contributed by atoms with Gasteiger partial charge in [0.25, 0.3) is 0 Å². The molecule has 3 nitrogen and oxygen atoms in total. The first-order valence-electron chi connectivity index (χ1n) is 5.63. The van der Waals surface area contributed by atoms with Gasteiger partial charge in [0.15, 0.2) is 0 Å². The number of anilines is 1. The number of nitrogens with two attached hydrogens (primary N) is 1. The molecule has 6 heteroatoms. The number of nitrogen functional groups attached to an aromatic ring is 1. The maximum atomic E-state index is 13.0. The number of carbonyl (C=O) groups is 1. The normalized spacial score (nSPS) is 10.3. The van der Waals surface area contributed by atoms with E-state index >= 15 is 0 Å². The molecule has 104 valence electrons. The van der Waals surface area contributed by atoms with Gasteiger partial charge in [-0.3, -0.25) is 0 Å². The predicted molar refractivity (Wildman–Crippen MR) is 71.3 cm³/mol. The van der Waals surface area contributed by atoms with Crippen LogP contribution in [-0.2, 0) is 11.3 Å². The summed E-state index contributed by atoms with van der Waals surface area (Å²) >= 11 is 5.84. The number of halogens is 3. The molecule has 0 saturated carbocycles. The minimum atomic E-state index is -0.697. The Hall–Kier alpha value is -2.14. The minimum Gasteiger partial charge on any atom is -0.457 e. The van der Waals surface area contributed by atoms with Crippen LogP contribution in [0, 0.1) is 11.6 Å². The van der Waals surface area contributed by atoms with Crippen LogP contribution in [0.25, 0.3) is 0 Å². The largest absolute Gasteiger partial charge is 0.457 e. The van der Waals surface area contributed by atoms with Gasteiger partial charge in [0, 0.05) is 10.6 Å². The Morgan fingerprint density at radius 3 is 2.65 bits per heavy atom. The lowest BCUT2D eigenvalue weighted by atomic mass is 10.2. The summed E-state index contributed by atoms with van der Waals surface area (Å²) in [6, 6.07) is 7.24. The molecule has 0 bridgehead atoms. The Morgan fingerprint density at radius 2 is 1.95 bits per heavy atom. The van der Waals surface area contributed by atoms with Crippen molar-refractivity contribution in [2.75, 3.05) is 5.73 Å². The van der Waals surface area contributed by atoms with Crippen LogP contribution in [0.3, 0.4) is 0 Å². The molecule has 2 aromatic rings. The second-order valence-corrected chi connectivity index (χ2v) is 4.46. The van der Waals surface area contributed by atoms with Crippen molar-refractivity contribution in [3.63, 3.8) is 0 Å². The fourth-order valence-electron chi connectivity index (χ4n) is 1.55. The zero-order valence-electron chi connectivity index (χ0n) is 10.2. The first kappa shape index (κ1) is 14.3. The van der Waals surface area contributed by atoms with Crippen LogP contribution in [0.4, 0.5) is 14.5 Å². The third-order valence-corrected chi connectivity index (χ3v) is 2.97. The highest BCUT2D eigenvalue weighted by molar-refractivity contribution is 6.31. The molecular formula is C14H10ClF2NO2. The Labute approximate surface area is 118 Å². The molecule has 0 aliphatic rings. The van der Waals surface area contributed by atoms with Crippen LogP contribution in [0.15, 0.2) is 36.4 Å². The second-order valence-electron chi connectivity index (χ2n) is 4.05. The van der Waals surface area contributed by atoms with Gasteiger partial charge in [-0.2, -0.15) is 0 Å². The molecule has 0 aliphatic heterocycles. The van der Waals surface area contributed by atoms with Gasteiger partial charge in [0.2, 0.25) is 0 Å². The highest BCUT2D eigenvalue weighted by Gasteiger charge is 2.11. The molecule has 0 radical (unpaired) electrons. The number of rotatable bonds is 3. The smallest absolute Gasteiger partial charge is 0.338 e. The third-order valence-electron chi connectivity index (χ3n) is 2.60. The van der Waals surface area contributed by atoms with Gasteiger partial charge in [0.1, 0.15) is 18.2 Å². The lowest BCUT2D eigenvalue weighted by molar-refractivity contribution is 0.0472. The van der Waals surface area contributed by atoms with Crippen molar-refractivity contribution >= 4 is 23.3 Å². The molecule has 0 atom stereocenters. The molecular weight excluding hydrogens is 288 g/mol. The Balaban J connectivity index is 2.08. The molecule has 0 aliphatic carbocycles. The van der Waals surface area contributed by atoms with Crippen LogP contribution in [-0.4, -0.2) is 5.97 Å². The molecule has 2 aromatic carbocycles. The highest BCUT2D eigenvalue weighted by Crippen LogP contribution is 2.19. The van der Waals surface area contributed by atoms with E-state index in [1.165, 1.54) is 30.3 Å². The standard InChI is InChI=1S/C14H10ClF2NO2/c15-11-3-2-10(16)5-9(11)7-20-14(19)8-1-4-12(17)13(18)6-8/h1-6H,7,18H2. The van der Waals surface area contributed by atoms with Crippen molar-refractivity contribution in [1.82, 2.24) is 0 Å². The van der Waals surface area contributed by atoms with Crippen LogP contribution in [0.5, 0.6) is 0 Å². The molecule has 20 heavy (non-hydrogen) atoms. The molecule has 2 N–H and O–H groups in total. The maximum absolute atomic E-state index is 13.0. The Morgan fingerprint density at radius 1 is 1.20 bits per heavy atom. The zero-order valence-corrected chi connectivity index (χ0v) is 11.0. The van der Waals surface area contributed by atoms with Gasteiger partial charge in [0.05, 0.1) is 11.3 Å². The van der Waals surface area contributed by atoms with E-state index in [1.54, 1.807) is 0 Å². The topological polar surface area (TPSA) is 52.3 Å². The summed E-state index contributed by atoms with van der Waals surface area (Å²) in [4.78, 5) is 11.7. The molecule has 0 saturated heterocycles. The molecule has 0 unspecified atom stereocenters. The SMILES string of the molecule is Nc1cc(C(=O)OCc2cc(F)ccc2Cl)ccc1F. The van der Waals surface area contributed by atoms with E-state index in [4.69, 9.17) is 22.1 Å². The van der Waals surface area contributed by atoms with Crippen LogP contribution in [0.1, 0.15) is 15.9 Å². The van der Waals surface area contributed by atoms with Gasteiger partial charge in [-0.05, 0) is 36.4 Å². The summed E-state index contributed by atoms with van der Waals surface area (Å²) < 4.78 is 31.0. The number of hydrogen-bond acceptors (Lipinski definition) is 3. The summed E-state index contributed by atoms with van der Waals surface area (Å²) in [6.07, 6.45) is 0. The quantitative estimate of drug-likeness (QED) is 0.696. The zero-order chi connectivity index (χ0) is 14.7. The molecule has 0 fully saturated rings. The number of esters is 1. The van der Waals surface area contributed by atoms with Gasteiger partial charge in [-0.1, -0.05) is 11.6 Å². The monoisotopic (exact) mass is 297 g/mol. The second kappa shape index (κ2) is 5.88. The van der Waals surface area contributed by atoms with Crippen molar-refractivity contribution < 1.29 is 18.3 Å². The summed E-state index contributed by atoms with van der Waals surface area (Å²) in [5.74, 6) is -1.79. The highest BCUT2D eigenvalue weighted by atomic mass is 35.5. The molecule has 2 rings (SSSR count). The first-order valence-corrected chi connectivity index (χ1v) is 6.01. The molecule has 0 amide bonds. The lowest BCUT2D eigenvalue weighted by Gasteiger charge is -2.07. The van der Waals surface area contributed by atoms with E-state index in [2.05, 4.69) is 0 Å². The van der Waals surface area contributed by atoms with Crippen molar-refractivity contribution in [2.45, 2.75) is 6.61 Å². The Bertz CT molecular complexity index is 662. The van der Waals surface area contributed by atoms with E-state index in [0.29, 0.717) is 5.56 Å². The van der Waals surface area contributed by atoms with Crippen molar-refractivity contribution in [1.29, 1.82) is 0 Å². The van der Waals surface area contributed by atoms with E-state index in [1.807, 2.05) is 0 Å². The van der Waals surface area contributed by atoms with E-state index < -0.39 is 17.6 Å². The van der Waals surface area contributed by atoms with Crippen molar-refractivity contribution in [3.05, 3.63) is 64.2 Å². The number of benzene rings is 2. The average Bonchev–Trinajstić information content (AvgIpc) is 2.42. The lowest BCUT2D eigenvalue weighted by Crippen LogP contribution is -2.07. The molecule has 0 heterocycles. The summed E-state index contributed by atoms with van der Waals surface area (Å²) in [5.41, 5.74) is 5.66. The van der Waals surface area contributed by atoms with E-state index in [0.717, 1.165) is 6.07 Å². The minimum absolute atomic E-state index is 0.108. The average molecular weight is 298 g/mol. The van der Waals surface area contributed by atoms with Crippen LogP contribution >= 0.6 is 11.6 Å². The number of ether oxygens (including phenoxy) is 1. The van der Waals surface area contributed by atoms with Crippen molar-refractivity contribution in [3.8, 4) is 0 Å². The Kier molecular flexibility index (Phi) is 4.20. The van der Waals surface area contributed by atoms with Crippen molar-refractivity contribution in [2.24, 2.45) is 0 Å². The van der Waals surface area contributed by atoms with Crippen LogP contribution < -0.4 is 5.73 Å². The summed E-state index contributed by atoms with van der Waals surface area (Å²) in [5, 5.41) is 0.290. The van der Waals surface area contributed by atoms with Crippen LogP contribution in [0.2, 0.25) is 5.02 Å². The number of hydrogen-bond donors (Lipinski definition) is 1. The van der Waals surface area contributed by atoms with Gasteiger partial charge in [-0.15, -0.1) is 0 Å². The third kappa shape index (κ3) is 3.24. The number of carbonyl (C=O) groups excluding carboxylic acids is 1.